The molecular weight excluding hydrogens is 504 g/mol. The second-order valence-electron chi connectivity index (χ2n) is 16.4. The summed E-state index contributed by atoms with van der Waals surface area (Å²) in [4.78, 5) is 25.4. The van der Waals surface area contributed by atoms with Crippen LogP contribution in [0.5, 0.6) is 0 Å². The predicted octanol–water partition coefficient (Wildman–Crippen LogP) is 6.63. The van der Waals surface area contributed by atoms with E-state index in [9.17, 15) is 19.8 Å². The van der Waals surface area contributed by atoms with Crippen LogP contribution < -0.4 is 0 Å². The van der Waals surface area contributed by atoms with Crippen molar-refractivity contribution in [3.63, 3.8) is 0 Å². The first-order chi connectivity index (χ1) is 18.7. The average molecular weight is 559 g/mol. The summed E-state index contributed by atoms with van der Waals surface area (Å²) >= 11 is 0. The van der Waals surface area contributed by atoms with Gasteiger partial charge < -0.3 is 19.7 Å². The predicted molar refractivity (Wildman–Crippen MR) is 152 cm³/mol. The van der Waals surface area contributed by atoms with Crippen LogP contribution in [0.1, 0.15) is 119 Å². The van der Waals surface area contributed by atoms with E-state index in [0.717, 1.165) is 64.2 Å². The quantitative estimate of drug-likeness (QED) is 0.281. The largest absolute Gasteiger partial charge is 0.481 e. The molecule has 6 aliphatic rings. The molecule has 5 saturated carbocycles. The number of carboxylic acids is 1. The first-order valence-electron chi connectivity index (χ1n) is 16.4. The van der Waals surface area contributed by atoms with E-state index < -0.39 is 17.0 Å². The Morgan fingerprint density at radius 2 is 1.57 bits per heavy atom. The Hall–Kier alpha value is -1.14. The lowest BCUT2D eigenvalue weighted by Gasteiger charge is -2.72. The summed E-state index contributed by atoms with van der Waals surface area (Å²) in [6, 6.07) is 0. The van der Waals surface area contributed by atoms with Gasteiger partial charge in [0.2, 0.25) is 0 Å². The second kappa shape index (κ2) is 9.18. The van der Waals surface area contributed by atoms with Crippen LogP contribution in [-0.2, 0) is 19.1 Å². The number of epoxide rings is 1. The van der Waals surface area contributed by atoms with Gasteiger partial charge in [-0.3, -0.25) is 9.59 Å². The van der Waals surface area contributed by atoms with E-state index in [4.69, 9.17) is 9.47 Å². The van der Waals surface area contributed by atoms with Gasteiger partial charge in [-0.15, -0.1) is 0 Å². The van der Waals surface area contributed by atoms with Crippen LogP contribution >= 0.6 is 0 Å². The van der Waals surface area contributed by atoms with E-state index in [1.54, 1.807) is 0 Å². The third kappa shape index (κ3) is 3.66. The van der Waals surface area contributed by atoms with Crippen molar-refractivity contribution in [2.24, 2.45) is 56.7 Å². The molecule has 2 unspecified atom stereocenters. The molecule has 0 spiro atoms. The molecule has 0 amide bonds. The van der Waals surface area contributed by atoms with Gasteiger partial charge in [0.05, 0.1) is 18.1 Å². The highest BCUT2D eigenvalue weighted by molar-refractivity contribution is 5.76. The van der Waals surface area contributed by atoms with Gasteiger partial charge in [0.25, 0.3) is 0 Å². The van der Waals surface area contributed by atoms with Gasteiger partial charge in [-0.2, -0.15) is 0 Å². The maximum absolute atomic E-state index is 13.1. The van der Waals surface area contributed by atoms with Crippen LogP contribution in [0.15, 0.2) is 0 Å². The molecule has 6 fully saturated rings. The number of esters is 1. The number of ether oxygens (including phenoxy) is 2. The number of carbonyl (C=O) groups is 2. The highest BCUT2D eigenvalue weighted by Gasteiger charge is 2.74. The van der Waals surface area contributed by atoms with E-state index in [0.29, 0.717) is 37.2 Å². The zero-order valence-corrected chi connectivity index (χ0v) is 25.9. The number of rotatable bonds is 6. The summed E-state index contributed by atoms with van der Waals surface area (Å²) in [7, 11) is 0. The Bertz CT molecular complexity index is 1050. The van der Waals surface area contributed by atoms with Crippen molar-refractivity contribution in [3.05, 3.63) is 0 Å². The fraction of sp³-hybridized carbons (Fsp3) is 0.941. The van der Waals surface area contributed by atoms with E-state index in [-0.39, 0.29) is 52.2 Å². The molecule has 6 nitrogen and oxygen atoms in total. The number of aliphatic hydroxyl groups is 1. The molecule has 0 radical (unpaired) electrons. The summed E-state index contributed by atoms with van der Waals surface area (Å²) in [5.74, 6) is 0.830. The Kier molecular flexibility index (Phi) is 6.64. The highest BCUT2D eigenvalue weighted by Crippen LogP contribution is 2.78. The number of hydrogen-bond acceptors (Lipinski definition) is 5. The maximum atomic E-state index is 13.1. The molecule has 0 bridgehead atoms. The topological polar surface area (TPSA) is 96.4 Å². The lowest BCUT2D eigenvalue weighted by Crippen LogP contribution is -2.67. The van der Waals surface area contributed by atoms with Crippen molar-refractivity contribution in [2.75, 3.05) is 13.2 Å². The van der Waals surface area contributed by atoms with Crippen molar-refractivity contribution in [1.82, 2.24) is 0 Å². The SMILES string of the molecule is CCCC(=O)OCC1([C@@H]2CC[C@]3(C(=O)O)CC[C@]4(C)C(CC[C@@H]5[C@@]6(C)CC[C@@H](O)C(C)(C)[C@@H]6CC[C@]54C)[C@H]23)CO1. The number of carbonyl (C=O) groups excluding carboxylic acids is 1. The van der Waals surface area contributed by atoms with Crippen LogP contribution in [-0.4, -0.2) is 47.1 Å². The van der Waals surface area contributed by atoms with Crippen LogP contribution in [0.4, 0.5) is 0 Å². The lowest BCUT2D eigenvalue weighted by atomic mass is 9.32. The van der Waals surface area contributed by atoms with Crippen molar-refractivity contribution >= 4 is 11.9 Å². The summed E-state index contributed by atoms with van der Waals surface area (Å²) < 4.78 is 11.9. The van der Waals surface area contributed by atoms with Crippen molar-refractivity contribution < 1.29 is 29.3 Å². The minimum atomic E-state index is -0.692. The molecule has 2 N–H and O–H groups in total. The van der Waals surface area contributed by atoms with Crippen LogP contribution in [0.25, 0.3) is 0 Å². The lowest BCUT2D eigenvalue weighted by molar-refractivity contribution is -0.250. The monoisotopic (exact) mass is 558 g/mol. The Morgan fingerprint density at radius 3 is 2.23 bits per heavy atom. The molecule has 6 rings (SSSR count). The molecule has 11 atom stereocenters. The van der Waals surface area contributed by atoms with Gasteiger partial charge in [0, 0.05) is 6.42 Å². The van der Waals surface area contributed by atoms with Crippen LogP contribution in [0.2, 0.25) is 0 Å². The van der Waals surface area contributed by atoms with Gasteiger partial charge in [-0.25, -0.2) is 0 Å². The number of aliphatic carboxylic acids is 1. The van der Waals surface area contributed by atoms with E-state index in [2.05, 4.69) is 34.6 Å². The fourth-order valence-corrected chi connectivity index (χ4v) is 12.5. The zero-order chi connectivity index (χ0) is 28.9. The summed E-state index contributed by atoms with van der Waals surface area (Å²) in [6.45, 7) is 15.0. The molecule has 1 heterocycles. The molecule has 5 aliphatic carbocycles. The third-order valence-corrected chi connectivity index (χ3v) is 15.0. The highest BCUT2D eigenvalue weighted by atomic mass is 16.6. The van der Waals surface area contributed by atoms with E-state index in [1.165, 1.54) is 0 Å². The van der Waals surface area contributed by atoms with Gasteiger partial charge in [-0.05, 0) is 122 Å². The molecule has 0 aromatic heterocycles. The van der Waals surface area contributed by atoms with Crippen LogP contribution in [0, 0.1) is 56.7 Å². The molecule has 1 saturated heterocycles. The van der Waals surface area contributed by atoms with Crippen molar-refractivity contribution in [3.8, 4) is 0 Å². The van der Waals surface area contributed by atoms with Crippen molar-refractivity contribution in [1.29, 1.82) is 0 Å². The van der Waals surface area contributed by atoms with Gasteiger partial charge in [0.1, 0.15) is 12.2 Å². The Morgan fingerprint density at radius 1 is 0.850 bits per heavy atom. The molecular formula is C34H54O6. The summed E-state index contributed by atoms with van der Waals surface area (Å²) in [5.41, 5.74) is -0.863. The maximum Gasteiger partial charge on any atom is 0.309 e. The normalized spacial score (nSPS) is 52.5. The number of fused-ring (bicyclic) bond motifs is 7. The summed E-state index contributed by atoms with van der Waals surface area (Å²) in [5, 5.41) is 21.8. The number of hydrogen-bond donors (Lipinski definition) is 2. The Labute approximate surface area is 241 Å². The standard InChI is InChI=1S/C34H54O6/c1-7-8-26(36)39-19-34(20-40-34)22-11-16-33(28(37)38)18-17-31(5)21(27(22)33)9-10-24-30(4)14-13-25(35)29(2,3)23(30)12-15-32(24,31)6/h21-25,27,35H,7-20H2,1-6H3,(H,37,38)/t21?,22-,23+,24-,25-,27-,30+,31-,32-,33+,34?/m1/s1. The molecule has 0 aromatic rings. The van der Waals surface area contributed by atoms with Gasteiger partial charge >= 0.3 is 11.9 Å². The number of aliphatic hydroxyl groups excluding tert-OH is 1. The molecule has 40 heavy (non-hydrogen) atoms. The number of carboxylic acid groups (broad SMARTS) is 1. The summed E-state index contributed by atoms with van der Waals surface area (Å²) in [6.07, 6.45) is 10.7. The van der Waals surface area contributed by atoms with E-state index in [1.807, 2.05) is 6.92 Å². The van der Waals surface area contributed by atoms with Crippen LogP contribution in [0.3, 0.4) is 0 Å². The average Bonchev–Trinajstić information content (AvgIpc) is 3.57. The molecule has 226 valence electrons. The van der Waals surface area contributed by atoms with Gasteiger partial charge in [0.15, 0.2) is 0 Å². The smallest absolute Gasteiger partial charge is 0.309 e. The van der Waals surface area contributed by atoms with Gasteiger partial charge in [-0.1, -0.05) is 41.5 Å². The minimum Gasteiger partial charge on any atom is -0.481 e. The first kappa shape index (κ1) is 29.0. The first-order valence-corrected chi connectivity index (χ1v) is 16.4. The molecule has 1 aliphatic heterocycles. The fourth-order valence-electron chi connectivity index (χ4n) is 12.5. The zero-order valence-electron chi connectivity index (χ0n) is 25.9. The Balaban J connectivity index is 1.34. The molecule has 0 aromatic carbocycles. The van der Waals surface area contributed by atoms with E-state index >= 15 is 0 Å². The minimum absolute atomic E-state index is 0.0593. The second-order valence-corrected chi connectivity index (χ2v) is 16.4. The molecule has 6 heteroatoms. The van der Waals surface area contributed by atoms with Crippen molar-refractivity contribution in [2.45, 2.75) is 130 Å². The third-order valence-electron chi connectivity index (χ3n) is 15.0.